The van der Waals surface area contributed by atoms with Gasteiger partial charge in [-0.3, -0.25) is 5.73 Å². The number of hydrogen-bond acceptors (Lipinski definition) is 2. The highest BCUT2D eigenvalue weighted by Gasteiger charge is 2.08. The molecule has 0 unspecified atom stereocenters. The van der Waals surface area contributed by atoms with Crippen LogP contribution in [-0.2, 0) is 11.3 Å². The predicted octanol–water partition coefficient (Wildman–Crippen LogP) is 1.26. The summed E-state index contributed by atoms with van der Waals surface area (Å²) in [7, 11) is 1.34. The summed E-state index contributed by atoms with van der Waals surface area (Å²) >= 11 is 0. The zero-order valence-corrected chi connectivity index (χ0v) is 6.83. The molecule has 1 radical (unpaired) electrons. The van der Waals surface area contributed by atoms with Crippen molar-refractivity contribution < 1.29 is 9.53 Å². The van der Waals surface area contributed by atoms with E-state index >= 15 is 0 Å². The summed E-state index contributed by atoms with van der Waals surface area (Å²) < 4.78 is 4.56. The molecule has 0 heterocycles. The normalized spacial score (nSPS) is 9.50. The number of nitrogens with one attached hydrogen (secondary N) is 1. The fourth-order valence-corrected chi connectivity index (χ4v) is 0.984. The van der Waals surface area contributed by atoms with Crippen molar-refractivity contribution in [3.05, 3.63) is 35.4 Å². The van der Waals surface area contributed by atoms with Crippen LogP contribution in [0.25, 0.3) is 0 Å². The molecule has 0 aliphatic heterocycles. The second-order valence-electron chi connectivity index (χ2n) is 2.33. The molecule has 0 amide bonds. The van der Waals surface area contributed by atoms with E-state index in [4.69, 9.17) is 5.73 Å². The maximum Gasteiger partial charge on any atom is 0.338 e. The standard InChI is InChI=1S/C9H10NO2/c1-12-9(11)8-5-3-2-4-7(8)6-10/h2-5,10H,6H2,1H3. The summed E-state index contributed by atoms with van der Waals surface area (Å²) in [5, 5.41) is 0. The molecule has 0 spiro atoms. The Kier molecular flexibility index (Phi) is 2.82. The number of carbonyl (C=O) groups is 1. The molecule has 0 aromatic heterocycles. The lowest BCUT2D eigenvalue weighted by atomic mass is 10.1. The van der Waals surface area contributed by atoms with E-state index < -0.39 is 0 Å². The second kappa shape index (κ2) is 3.88. The van der Waals surface area contributed by atoms with Gasteiger partial charge in [0.2, 0.25) is 0 Å². The van der Waals surface area contributed by atoms with Gasteiger partial charge in [0.15, 0.2) is 0 Å². The molecule has 1 aromatic carbocycles. The van der Waals surface area contributed by atoms with Crippen molar-refractivity contribution in [2.45, 2.75) is 6.54 Å². The molecule has 1 N–H and O–H groups in total. The summed E-state index contributed by atoms with van der Waals surface area (Å²) in [4.78, 5) is 11.1. The Bertz CT molecular complexity index is 284. The van der Waals surface area contributed by atoms with Gasteiger partial charge in [-0.25, -0.2) is 4.79 Å². The molecule has 0 bridgehead atoms. The first kappa shape index (κ1) is 8.74. The average Bonchev–Trinajstić information content (AvgIpc) is 2.16. The van der Waals surface area contributed by atoms with Crippen molar-refractivity contribution >= 4 is 5.97 Å². The maximum absolute atomic E-state index is 11.1. The highest BCUT2D eigenvalue weighted by Crippen LogP contribution is 2.08. The molecule has 12 heavy (non-hydrogen) atoms. The van der Waals surface area contributed by atoms with Crippen LogP contribution < -0.4 is 5.73 Å². The number of carbonyl (C=O) groups excluding carboxylic acids is 1. The number of ether oxygens (including phenoxy) is 1. The van der Waals surface area contributed by atoms with Crippen LogP contribution in [0.2, 0.25) is 0 Å². The van der Waals surface area contributed by atoms with E-state index in [1.54, 1.807) is 24.3 Å². The molecule has 0 atom stereocenters. The highest BCUT2D eigenvalue weighted by atomic mass is 16.5. The van der Waals surface area contributed by atoms with Gasteiger partial charge >= 0.3 is 5.97 Å². The molecule has 1 rings (SSSR count). The van der Waals surface area contributed by atoms with Gasteiger partial charge in [-0.05, 0) is 11.6 Å². The van der Waals surface area contributed by atoms with Gasteiger partial charge in [-0.2, -0.15) is 0 Å². The third-order valence-electron chi connectivity index (χ3n) is 1.61. The average molecular weight is 164 g/mol. The van der Waals surface area contributed by atoms with E-state index in [0.29, 0.717) is 11.1 Å². The zero-order valence-electron chi connectivity index (χ0n) is 6.83. The monoisotopic (exact) mass is 164 g/mol. The van der Waals surface area contributed by atoms with Crippen molar-refractivity contribution in [1.29, 1.82) is 0 Å². The summed E-state index contributed by atoms with van der Waals surface area (Å²) in [5.74, 6) is -0.377. The van der Waals surface area contributed by atoms with E-state index in [-0.39, 0.29) is 12.5 Å². The molecule has 0 saturated heterocycles. The lowest BCUT2D eigenvalue weighted by Gasteiger charge is -2.03. The lowest BCUT2D eigenvalue weighted by Crippen LogP contribution is -2.05. The van der Waals surface area contributed by atoms with Crippen molar-refractivity contribution in [2.75, 3.05) is 7.11 Å². The Morgan fingerprint density at radius 1 is 1.50 bits per heavy atom. The van der Waals surface area contributed by atoms with E-state index in [9.17, 15) is 4.79 Å². The minimum atomic E-state index is -0.377. The van der Waals surface area contributed by atoms with Gasteiger partial charge in [0.1, 0.15) is 0 Å². The number of rotatable bonds is 2. The van der Waals surface area contributed by atoms with Gasteiger partial charge < -0.3 is 4.74 Å². The van der Waals surface area contributed by atoms with Crippen LogP contribution in [0.4, 0.5) is 0 Å². The fraction of sp³-hybridized carbons (Fsp3) is 0.222. The fourth-order valence-electron chi connectivity index (χ4n) is 0.984. The second-order valence-corrected chi connectivity index (χ2v) is 2.33. The summed E-state index contributed by atoms with van der Waals surface area (Å²) in [6, 6.07) is 6.97. The molecule has 3 heteroatoms. The minimum absolute atomic E-state index is 0.102. The smallest absolute Gasteiger partial charge is 0.338 e. The Balaban J connectivity index is 3.04. The number of methoxy groups -OCH3 is 1. The zero-order chi connectivity index (χ0) is 8.97. The van der Waals surface area contributed by atoms with E-state index in [1.165, 1.54) is 7.11 Å². The largest absolute Gasteiger partial charge is 0.465 e. The predicted molar refractivity (Wildman–Crippen MR) is 44.6 cm³/mol. The molecule has 0 saturated carbocycles. The van der Waals surface area contributed by atoms with Crippen LogP contribution in [0, 0.1) is 0 Å². The van der Waals surface area contributed by atoms with Gasteiger partial charge in [0.25, 0.3) is 0 Å². The summed E-state index contributed by atoms with van der Waals surface area (Å²) in [6.45, 7) is 0.102. The molecular formula is C9H10NO2. The SMILES string of the molecule is COC(=O)c1ccccc1C[NH]. The van der Waals surface area contributed by atoms with Crippen LogP contribution >= 0.6 is 0 Å². The van der Waals surface area contributed by atoms with Crippen molar-refractivity contribution in [1.82, 2.24) is 5.73 Å². The van der Waals surface area contributed by atoms with Crippen LogP contribution in [0.3, 0.4) is 0 Å². The maximum atomic E-state index is 11.1. The molecule has 0 fully saturated rings. The van der Waals surface area contributed by atoms with Crippen molar-refractivity contribution in [2.24, 2.45) is 0 Å². The molecule has 0 aliphatic rings. The van der Waals surface area contributed by atoms with E-state index in [2.05, 4.69) is 4.74 Å². The first-order valence-electron chi connectivity index (χ1n) is 3.60. The molecule has 3 nitrogen and oxygen atoms in total. The van der Waals surface area contributed by atoms with Crippen LogP contribution in [0.1, 0.15) is 15.9 Å². The van der Waals surface area contributed by atoms with Crippen LogP contribution in [-0.4, -0.2) is 13.1 Å². The Hall–Kier alpha value is -1.35. The third kappa shape index (κ3) is 1.62. The first-order valence-corrected chi connectivity index (χ1v) is 3.60. The molecular weight excluding hydrogens is 154 g/mol. The van der Waals surface area contributed by atoms with Crippen LogP contribution in [0.5, 0.6) is 0 Å². The van der Waals surface area contributed by atoms with Crippen LogP contribution in [0.15, 0.2) is 24.3 Å². The van der Waals surface area contributed by atoms with Crippen molar-refractivity contribution in [3.8, 4) is 0 Å². The van der Waals surface area contributed by atoms with E-state index in [1.807, 2.05) is 0 Å². The van der Waals surface area contributed by atoms with E-state index in [0.717, 1.165) is 0 Å². The minimum Gasteiger partial charge on any atom is -0.465 e. The summed E-state index contributed by atoms with van der Waals surface area (Å²) in [5.41, 5.74) is 8.33. The Morgan fingerprint density at radius 2 is 2.17 bits per heavy atom. The number of benzene rings is 1. The molecule has 0 aliphatic carbocycles. The topological polar surface area (TPSA) is 50.1 Å². The van der Waals surface area contributed by atoms with Gasteiger partial charge in [-0.15, -0.1) is 0 Å². The summed E-state index contributed by atoms with van der Waals surface area (Å²) in [6.07, 6.45) is 0. The highest BCUT2D eigenvalue weighted by molar-refractivity contribution is 5.90. The van der Waals surface area contributed by atoms with Gasteiger partial charge in [0, 0.05) is 6.54 Å². The number of hydrogen-bond donors (Lipinski definition) is 0. The van der Waals surface area contributed by atoms with Crippen molar-refractivity contribution in [3.63, 3.8) is 0 Å². The lowest BCUT2D eigenvalue weighted by molar-refractivity contribution is 0.0599. The van der Waals surface area contributed by atoms with Gasteiger partial charge in [0.05, 0.1) is 12.7 Å². The molecule has 63 valence electrons. The first-order chi connectivity index (χ1) is 5.79. The molecule has 1 aromatic rings. The quantitative estimate of drug-likeness (QED) is 0.618. The Labute approximate surface area is 71.1 Å². The van der Waals surface area contributed by atoms with Gasteiger partial charge in [-0.1, -0.05) is 18.2 Å². The Morgan fingerprint density at radius 3 is 2.75 bits per heavy atom. The third-order valence-corrected chi connectivity index (χ3v) is 1.61. The number of esters is 1.